The van der Waals surface area contributed by atoms with Crippen molar-refractivity contribution in [2.45, 2.75) is 46.1 Å². The fraction of sp³-hybridized carbons (Fsp3) is 1.00. The molecule has 0 fully saturated rings. The van der Waals surface area contributed by atoms with E-state index in [2.05, 4.69) is 26.1 Å². The molecule has 0 radical (unpaired) electrons. The lowest BCUT2D eigenvalue weighted by Crippen LogP contribution is -2.32. The smallest absolute Gasteiger partial charge is 0.00508 e. The van der Waals surface area contributed by atoms with E-state index in [1.807, 2.05) is 0 Å². The van der Waals surface area contributed by atoms with E-state index < -0.39 is 0 Å². The first-order valence-electron chi connectivity index (χ1n) is 5.18. The molecule has 0 saturated carbocycles. The third-order valence-electron chi connectivity index (χ3n) is 2.51. The molecule has 0 aromatic carbocycles. The molecule has 0 spiro atoms. The second-order valence-electron chi connectivity index (χ2n) is 3.57. The largest absolute Gasteiger partial charge is 0.330 e. The molecule has 0 heterocycles. The Morgan fingerprint density at radius 1 is 1.25 bits per heavy atom. The van der Waals surface area contributed by atoms with Gasteiger partial charge in [-0.1, -0.05) is 26.7 Å². The van der Waals surface area contributed by atoms with Gasteiger partial charge < -0.3 is 11.1 Å². The maximum Gasteiger partial charge on any atom is 0.00508 e. The van der Waals surface area contributed by atoms with Crippen LogP contribution in [0.2, 0.25) is 0 Å². The van der Waals surface area contributed by atoms with E-state index in [1.54, 1.807) is 0 Å². The van der Waals surface area contributed by atoms with Crippen LogP contribution >= 0.6 is 0 Å². The number of rotatable bonds is 7. The van der Waals surface area contributed by atoms with Crippen LogP contribution in [-0.2, 0) is 0 Å². The van der Waals surface area contributed by atoms with Crippen molar-refractivity contribution in [1.29, 1.82) is 0 Å². The van der Waals surface area contributed by atoms with E-state index in [0.717, 1.165) is 25.4 Å². The topological polar surface area (TPSA) is 38.0 Å². The first-order valence-corrected chi connectivity index (χ1v) is 5.18. The van der Waals surface area contributed by atoms with Gasteiger partial charge in [-0.15, -0.1) is 0 Å². The molecule has 2 nitrogen and oxygen atoms in total. The van der Waals surface area contributed by atoms with Crippen molar-refractivity contribution in [3.8, 4) is 0 Å². The van der Waals surface area contributed by atoms with Gasteiger partial charge in [0.05, 0.1) is 0 Å². The summed E-state index contributed by atoms with van der Waals surface area (Å²) in [5, 5.41) is 3.51. The lowest BCUT2D eigenvalue weighted by atomic mass is 10.0. The lowest BCUT2D eigenvalue weighted by molar-refractivity contribution is 0.409. The Morgan fingerprint density at radius 3 is 2.25 bits per heavy atom. The molecule has 0 aliphatic carbocycles. The van der Waals surface area contributed by atoms with Gasteiger partial charge in [0.1, 0.15) is 0 Å². The van der Waals surface area contributed by atoms with E-state index >= 15 is 0 Å². The number of nitrogens with one attached hydrogen (secondary N) is 1. The quantitative estimate of drug-likeness (QED) is 0.614. The number of hydrogen-bond acceptors (Lipinski definition) is 2. The summed E-state index contributed by atoms with van der Waals surface area (Å²) in [7, 11) is 0. The molecule has 1 unspecified atom stereocenters. The highest BCUT2D eigenvalue weighted by Gasteiger charge is 2.05. The fourth-order valence-corrected chi connectivity index (χ4v) is 1.30. The van der Waals surface area contributed by atoms with Gasteiger partial charge in [0.25, 0.3) is 0 Å². The molecule has 0 bridgehead atoms. The molecule has 12 heavy (non-hydrogen) atoms. The van der Waals surface area contributed by atoms with Crippen molar-refractivity contribution in [3.63, 3.8) is 0 Å². The Kier molecular flexibility index (Phi) is 7.51. The number of hydrogen-bond donors (Lipinski definition) is 2. The Balaban J connectivity index is 3.37. The van der Waals surface area contributed by atoms with E-state index in [0.29, 0.717) is 6.04 Å². The molecular weight excluding hydrogens is 148 g/mol. The van der Waals surface area contributed by atoms with Crippen molar-refractivity contribution >= 4 is 0 Å². The van der Waals surface area contributed by atoms with Gasteiger partial charge in [0, 0.05) is 6.04 Å². The maximum absolute atomic E-state index is 5.46. The van der Waals surface area contributed by atoms with Crippen LogP contribution in [0.15, 0.2) is 0 Å². The van der Waals surface area contributed by atoms with Crippen LogP contribution in [-0.4, -0.2) is 19.1 Å². The molecule has 0 aromatic rings. The minimum absolute atomic E-state index is 0.579. The maximum atomic E-state index is 5.46. The van der Waals surface area contributed by atoms with Gasteiger partial charge >= 0.3 is 0 Å². The molecule has 2 heteroatoms. The van der Waals surface area contributed by atoms with Crippen molar-refractivity contribution < 1.29 is 0 Å². The summed E-state index contributed by atoms with van der Waals surface area (Å²) in [5.41, 5.74) is 5.46. The van der Waals surface area contributed by atoms with E-state index in [1.165, 1.54) is 12.8 Å². The third kappa shape index (κ3) is 5.56. The highest BCUT2D eigenvalue weighted by Crippen LogP contribution is 2.05. The highest BCUT2D eigenvalue weighted by molar-refractivity contribution is 4.64. The minimum atomic E-state index is 0.579. The number of nitrogens with two attached hydrogens (primary N) is 1. The zero-order valence-corrected chi connectivity index (χ0v) is 8.77. The van der Waals surface area contributed by atoms with Gasteiger partial charge in [-0.05, 0) is 32.4 Å². The third-order valence-corrected chi connectivity index (χ3v) is 2.51. The van der Waals surface area contributed by atoms with Crippen LogP contribution in [0.1, 0.15) is 40.0 Å². The zero-order chi connectivity index (χ0) is 9.40. The molecule has 0 rings (SSSR count). The average molecular weight is 172 g/mol. The molecule has 0 amide bonds. The predicted octanol–water partition coefficient (Wildman–Crippen LogP) is 1.75. The molecule has 74 valence electrons. The van der Waals surface area contributed by atoms with Gasteiger partial charge in [0.15, 0.2) is 0 Å². The van der Waals surface area contributed by atoms with Crippen LogP contribution in [0.25, 0.3) is 0 Å². The summed E-state index contributed by atoms with van der Waals surface area (Å²) in [6.07, 6.45) is 3.64. The summed E-state index contributed by atoms with van der Waals surface area (Å²) in [5.74, 6) is 0.838. The Hall–Kier alpha value is -0.0800. The van der Waals surface area contributed by atoms with Crippen LogP contribution < -0.4 is 11.1 Å². The molecule has 0 aliphatic rings. The van der Waals surface area contributed by atoms with Crippen molar-refractivity contribution in [3.05, 3.63) is 0 Å². The van der Waals surface area contributed by atoms with Crippen LogP contribution in [0.4, 0.5) is 0 Å². The molecule has 3 N–H and O–H groups in total. The second-order valence-corrected chi connectivity index (χ2v) is 3.57. The molecule has 0 saturated heterocycles. The second kappa shape index (κ2) is 7.56. The van der Waals surface area contributed by atoms with E-state index in [4.69, 9.17) is 5.73 Å². The summed E-state index contributed by atoms with van der Waals surface area (Å²) in [4.78, 5) is 0. The molecular formula is C10H24N2. The Labute approximate surface area is 76.9 Å². The fourth-order valence-electron chi connectivity index (χ4n) is 1.30. The van der Waals surface area contributed by atoms with E-state index in [9.17, 15) is 0 Å². The van der Waals surface area contributed by atoms with Crippen LogP contribution in [0.3, 0.4) is 0 Å². The average Bonchev–Trinajstić information content (AvgIpc) is 2.07. The standard InChI is InChI=1S/C10H24N2/c1-4-10(5-2)8-12-9(3)6-7-11/h9-10,12H,4-8,11H2,1-3H3. The Bertz CT molecular complexity index is 89.8. The SMILES string of the molecule is CCC(CC)CNC(C)CCN. The van der Waals surface area contributed by atoms with Crippen LogP contribution in [0, 0.1) is 5.92 Å². The monoisotopic (exact) mass is 172 g/mol. The van der Waals surface area contributed by atoms with Gasteiger partial charge in [-0.3, -0.25) is 0 Å². The first-order chi connectivity index (χ1) is 5.74. The van der Waals surface area contributed by atoms with Crippen molar-refractivity contribution in [2.75, 3.05) is 13.1 Å². The summed E-state index contributed by atoms with van der Waals surface area (Å²) in [6, 6.07) is 0.579. The Morgan fingerprint density at radius 2 is 1.83 bits per heavy atom. The summed E-state index contributed by atoms with van der Waals surface area (Å²) < 4.78 is 0. The molecule has 1 atom stereocenters. The van der Waals surface area contributed by atoms with Gasteiger partial charge in [-0.2, -0.15) is 0 Å². The van der Waals surface area contributed by atoms with Gasteiger partial charge in [-0.25, -0.2) is 0 Å². The van der Waals surface area contributed by atoms with Crippen molar-refractivity contribution in [2.24, 2.45) is 11.7 Å². The highest BCUT2D eigenvalue weighted by atomic mass is 14.9. The van der Waals surface area contributed by atoms with E-state index in [-0.39, 0.29) is 0 Å². The minimum Gasteiger partial charge on any atom is -0.330 e. The van der Waals surface area contributed by atoms with Crippen molar-refractivity contribution in [1.82, 2.24) is 5.32 Å². The lowest BCUT2D eigenvalue weighted by Gasteiger charge is -2.17. The molecule has 0 aliphatic heterocycles. The summed E-state index contributed by atoms with van der Waals surface area (Å²) in [6.45, 7) is 8.65. The molecule has 0 aromatic heterocycles. The zero-order valence-electron chi connectivity index (χ0n) is 8.77. The predicted molar refractivity (Wildman–Crippen MR) is 55.2 cm³/mol. The van der Waals surface area contributed by atoms with Crippen LogP contribution in [0.5, 0.6) is 0 Å². The summed E-state index contributed by atoms with van der Waals surface area (Å²) >= 11 is 0. The van der Waals surface area contributed by atoms with Gasteiger partial charge in [0.2, 0.25) is 0 Å². The first kappa shape index (κ1) is 11.9. The normalized spacial score (nSPS) is 13.8.